The van der Waals surface area contributed by atoms with E-state index in [1.165, 1.54) is 5.56 Å². The average Bonchev–Trinajstić information content (AvgIpc) is 2.89. The van der Waals surface area contributed by atoms with Crippen molar-refractivity contribution >= 4 is 27.5 Å². The highest BCUT2D eigenvalue weighted by molar-refractivity contribution is 9.10. The Hall–Kier alpha value is -1.81. The summed E-state index contributed by atoms with van der Waals surface area (Å²) in [6, 6.07) is 11.6. The van der Waals surface area contributed by atoms with Crippen molar-refractivity contribution in [2.45, 2.75) is 13.3 Å². The molecule has 21 heavy (non-hydrogen) atoms. The number of benzene rings is 2. The zero-order chi connectivity index (χ0) is 15.0. The molecule has 0 fully saturated rings. The number of carbonyl (C=O) groups is 1. The van der Waals surface area contributed by atoms with E-state index in [1.807, 2.05) is 42.2 Å². The molecule has 0 bridgehead atoms. The van der Waals surface area contributed by atoms with Crippen LogP contribution in [0.15, 0.2) is 40.9 Å². The van der Waals surface area contributed by atoms with Crippen molar-refractivity contribution in [3.8, 4) is 5.75 Å². The summed E-state index contributed by atoms with van der Waals surface area (Å²) in [5.41, 5.74) is 3.89. The van der Waals surface area contributed by atoms with Crippen LogP contribution in [0.25, 0.3) is 0 Å². The molecule has 0 spiro atoms. The van der Waals surface area contributed by atoms with Gasteiger partial charge in [0.25, 0.3) is 5.91 Å². The second-order valence-electron chi connectivity index (χ2n) is 5.16. The van der Waals surface area contributed by atoms with Gasteiger partial charge in [-0.05, 0) is 60.9 Å². The lowest BCUT2D eigenvalue weighted by molar-refractivity contribution is 0.0989. The highest BCUT2D eigenvalue weighted by Gasteiger charge is 2.25. The van der Waals surface area contributed by atoms with Gasteiger partial charge in [-0.3, -0.25) is 4.79 Å². The number of methoxy groups -OCH3 is 1. The topological polar surface area (TPSA) is 29.5 Å². The van der Waals surface area contributed by atoms with Gasteiger partial charge in [0, 0.05) is 22.3 Å². The molecule has 1 aliphatic heterocycles. The minimum absolute atomic E-state index is 0.0434. The molecule has 2 aromatic carbocycles. The molecule has 3 nitrogen and oxygen atoms in total. The smallest absolute Gasteiger partial charge is 0.258 e. The molecule has 0 saturated heterocycles. The Kier molecular flexibility index (Phi) is 3.72. The number of nitrogens with zero attached hydrogens (tertiary/aromatic N) is 1. The van der Waals surface area contributed by atoms with Gasteiger partial charge in [0.05, 0.1) is 7.11 Å². The number of aryl methyl sites for hydroxylation is 1. The van der Waals surface area contributed by atoms with Crippen molar-refractivity contribution in [3.63, 3.8) is 0 Å². The molecule has 0 N–H and O–H groups in total. The van der Waals surface area contributed by atoms with E-state index in [4.69, 9.17) is 4.74 Å². The number of hydrogen-bond donors (Lipinski definition) is 0. The SMILES string of the molecule is COc1ccc(C(=O)N2CCc3cc(Br)ccc32)cc1C. The number of fused-ring (bicyclic) bond motifs is 1. The number of rotatable bonds is 2. The number of halogens is 1. The fourth-order valence-corrected chi connectivity index (χ4v) is 3.16. The third-order valence-corrected chi connectivity index (χ3v) is 4.32. The van der Waals surface area contributed by atoms with Crippen LogP contribution in [-0.4, -0.2) is 19.6 Å². The average molecular weight is 346 g/mol. The van der Waals surface area contributed by atoms with Gasteiger partial charge >= 0.3 is 0 Å². The molecule has 1 amide bonds. The number of hydrogen-bond acceptors (Lipinski definition) is 2. The molecule has 1 heterocycles. The summed E-state index contributed by atoms with van der Waals surface area (Å²) in [6.45, 7) is 2.68. The summed E-state index contributed by atoms with van der Waals surface area (Å²) in [5, 5.41) is 0. The number of anilines is 1. The summed E-state index contributed by atoms with van der Waals surface area (Å²) in [7, 11) is 1.64. The minimum Gasteiger partial charge on any atom is -0.496 e. The van der Waals surface area contributed by atoms with Crippen LogP contribution >= 0.6 is 15.9 Å². The molecule has 0 radical (unpaired) electrons. The van der Waals surface area contributed by atoms with E-state index in [1.54, 1.807) is 7.11 Å². The maximum Gasteiger partial charge on any atom is 0.258 e. The van der Waals surface area contributed by atoms with Crippen LogP contribution in [0, 0.1) is 6.92 Å². The Balaban J connectivity index is 1.92. The first-order valence-electron chi connectivity index (χ1n) is 6.85. The van der Waals surface area contributed by atoms with E-state index in [0.717, 1.165) is 34.4 Å². The molecule has 2 aromatic rings. The molecular formula is C17H16BrNO2. The van der Waals surface area contributed by atoms with Gasteiger partial charge in [-0.15, -0.1) is 0 Å². The second kappa shape index (κ2) is 5.53. The van der Waals surface area contributed by atoms with Crippen LogP contribution in [0.5, 0.6) is 5.75 Å². The van der Waals surface area contributed by atoms with E-state index >= 15 is 0 Å². The van der Waals surface area contributed by atoms with Gasteiger partial charge in [-0.25, -0.2) is 0 Å². The molecule has 108 valence electrons. The predicted molar refractivity (Wildman–Crippen MR) is 87.3 cm³/mol. The van der Waals surface area contributed by atoms with E-state index in [0.29, 0.717) is 5.56 Å². The van der Waals surface area contributed by atoms with Crippen molar-refractivity contribution in [3.05, 3.63) is 57.6 Å². The van der Waals surface area contributed by atoms with Crippen molar-refractivity contribution in [2.75, 3.05) is 18.6 Å². The second-order valence-corrected chi connectivity index (χ2v) is 6.08. The Morgan fingerprint density at radius 3 is 2.76 bits per heavy atom. The highest BCUT2D eigenvalue weighted by atomic mass is 79.9. The van der Waals surface area contributed by atoms with Gasteiger partial charge in [0.1, 0.15) is 5.75 Å². The lowest BCUT2D eigenvalue weighted by Crippen LogP contribution is -2.28. The summed E-state index contributed by atoms with van der Waals surface area (Å²) in [4.78, 5) is 14.6. The zero-order valence-electron chi connectivity index (χ0n) is 12.0. The standard InChI is InChI=1S/C17H16BrNO2/c1-11-9-13(3-6-16(11)21-2)17(20)19-8-7-12-10-14(18)4-5-15(12)19/h3-6,9-10H,7-8H2,1-2H3. The van der Waals surface area contributed by atoms with Crippen molar-refractivity contribution in [2.24, 2.45) is 0 Å². The summed E-state index contributed by atoms with van der Waals surface area (Å²) < 4.78 is 6.30. The van der Waals surface area contributed by atoms with E-state index in [9.17, 15) is 4.79 Å². The quantitative estimate of drug-likeness (QED) is 0.824. The molecule has 0 aliphatic carbocycles. The lowest BCUT2D eigenvalue weighted by Gasteiger charge is -2.18. The van der Waals surface area contributed by atoms with Gasteiger partial charge < -0.3 is 9.64 Å². The summed E-state index contributed by atoms with van der Waals surface area (Å²) in [5.74, 6) is 0.846. The summed E-state index contributed by atoms with van der Waals surface area (Å²) >= 11 is 3.47. The van der Waals surface area contributed by atoms with E-state index in [2.05, 4.69) is 22.0 Å². The van der Waals surface area contributed by atoms with E-state index < -0.39 is 0 Å². The summed E-state index contributed by atoms with van der Waals surface area (Å²) in [6.07, 6.45) is 0.898. The Bertz CT molecular complexity index is 712. The third-order valence-electron chi connectivity index (χ3n) is 3.82. The van der Waals surface area contributed by atoms with Crippen LogP contribution in [0.1, 0.15) is 21.5 Å². The Labute approximate surface area is 132 Å². The van der Waals surface area contributed by atoms with Crippen LogP contribution in [-0.2, 0) is 6.42 Å². The third kappa shape index (κ3) is 2.56. The molecule has 4 heteroatoms. The predicted octanol–water partition coefficient (Wildman–Crippen LogP) is 3.97. The number of amides is 1. The maximum atomic E-state index is 12.7. The molecule has 0 aromatic heterocycles. The van der Waals surface area contributed by atoms with Crippen molar-refractivity contribution in [1.29, 1.82) is 0 Å². The zero-order valence-corrected chi connectivity index (χ0v) is 13.6. The molecule has 1 aliphatic rings. The van der Waals surface area contributed by atoms with Gasteiger partial charge in [-0.1, -0.05) is 15.9 Å². The van der Waals surface area contributed by atoms with Gasteiger partial charge in [0.15, 0.2) is 0 Å². The van der Waals surface area contributed by atoms with Crippen molar-refractivity contribution in [1.82, 2.24) is 0 Å². The number of ether oxygens (including phenoxy) is 1. The van der Waals surface area contributed by atoms with Crippen LogP contribution in [0.4, 0.5) is 5.69 Å². The Morgan fingerprint density at radius 1 is 1.24 bits per heavy atom. The first-order chi connectivity index (χ1) is 10.1. The fourth-order valence-electron chi connectivity index (χ4n) is 2.75. The first-order valence-corrected chi connectivity index (χ1v) is 7.64. The normalized spacial score (nSPS) is 13.2. The van der Waals surface area contributed by atoms with E-state index in [-0.39, 0.29) is 5.91 Å². The molecule has 0 atom stereocenters. The minimum atomic E-state index is 0.0434. The number of carbonyl (C=O) groups excluding carboxylic acids is 1. The molecule has 0 unspecified atom stereocenters. The monoisotopic (exact) mass is 345 g/mol. The molecular weight excluding hydrogens is 330 g/mol. The van der Waals surface area contributed by atoms with Crippen LogP contribution in [0.3, 0.4) is 0 Å². The fraction of sp³-hybridized carbons (Fsp3) is 0.235. The van der Waals surface area contributed by atoms with Gasteiger partial charge in [0.2, 0.25) is 0 Å². The van der Waals surface area contributed by atoms with Gasteiger partial charge in [-0.2, -0.15) is 0 Å². The highest BCUT2D eigenvalue weighted by Crippen LogP contribution is 2.32. The van der Waals surface area contributed by atoms with Crippen molar-refractivity contribution < 1.29 is 9.53 Å². The first kappa shape index (κ1) is 14.1. The largest absolute Gasteiger partial charge is 0.496 e. The van der Waals surface area contributed by atoms with Crippen LogP contribution in [0.2, 0.25) is 0 Å². The maximum absolute atomic E-state index is 12.7. The Morgan fingerprint density at radius 2 is 2.05 bits per heavy atom. The lowest BCUT2D eigenvalue weighted by atomic mass is 10.1. The molecule has 3 rings (SSSR count). The van der Waals surface area contributed by atoms with Crippen LogP contribution < -0.4 is 9.64 Å². The molecule has 0 saturated carbocycles.